The van der Waals surface area contributed by atoms with Gasteiger partial charge < -0.3 is 10.6 Å². The lowest BCUT2D eigenvalue weighted by Crippen LogP contribution is -2.40. The number of hydrogen-bond acceptors (Lipinski definition) is 1. The standard InChI is InChI=1S/C15H32N2O/c1-5-8-10-14(7-3)12-17-15(18)16-11-13(4)9-6-2/h13-14H,5-12H2,1-4H3,(H2,16,17,18). The molecule has 0 spiro atoms. The average Bonchev–Trinajstić information content (AvgIpc) is 2.37. The summed E-state index contributed by atoms with van der Waals surface area (Å²) in [6.07, 6.45) is 7.21. The van der Waals surface area contributed by atoms with Gasteiger partial charge in [0.1, 0.15) is 0 Å². The van der Waals surface area contributed by atoms with Gasteiger partial charge in [-0.1, -0.05) is 53.4 Å². The number of nitrogens with one attached hydrogen (secondary N) is 2. The average molecular weight is 256 g/mol. The summed E-state index contributed by atoms with van der Waals surface area (Å²) in [5.41, 5.74) is 0. The molecule has 0 aromatic carbocycles. The van der Waals surface area contributed by atoms with E-state index in [1.54, 1.807) is 0 Å². The van der Waals surface area contributed by atoms with Crippen molar-refractivity contribution in [3.63, 3.8) is 0 Å². The molecule has 0 bridgehead atoms. The molecule has 0 aromatic heterocycles. The van der Waals surface area contributed by atoms with Gasteiger partial charge in [-0.15, -0.1) is 0 Å². The molecule has 0 rings (SSSR count). The molecular weight excluding hydrogens is 224 g/mol. The van der Waals surface area contributed by atoms with E-state index < -0.39 is 0 Å². The molecule has 2 N–H and O–H groups in total. The summed E-state index contributed by atoms with van der Waals surface area (Å²) in [6, 6.07) is -0.00657. The second kappa shape index (κ2) is 11.4. The Labute approximate surface area is 113 Å². The minimum absolute atomic E-state index is 0.00657. The van der Waals surface area contributed by atoms with Gasteiger partial charge in [-0.25, -0.2) is 4.79 Å². The fraction of sp³-hybridized carbons (Fsp3) is 0.933. The fourth-order valence-corrected chi connectivity index (χ4v) is 2.10. The normalized spacial score (nSPS) is 14.0. The highest BCUT2D eigenvalue weighted by molar-refractivity contribution is 5.73. The highest BCUT2D eigenvalue weighted by Crippen LogP contribution is 2.11. The lowest BCUT2D eigenvalue weighted by Gasteiger charge is -2.16. The zero-order chi connectivity index (χ0) is 13.8. The van der Waals surface area contributed by atoms with Crippen LogP contribution in [0.5, 0.6) is 0 Å². The van der Waals surface area contributed by atoms with Crippen molar-refractivity contribution in [3.8, 4) is 0 Å². The molecule has 0 fully saturated rings. The van der Waals surface area contributed by atoms with Gasteiger partial charge >= 0.3 is 6.03 Å². The first-order valence-electron chi connectivity index (χ1n) is 7.65. The predicted octanol–water partition coefficient (Wildman–Crippen LogP) is 3.94. The van der Waals surface area contributed by atoms with Crippen molar-refractivity contribution in [3.05, 3.63) is 0 Å². The van der Waals surface area contributed by atoms with E-state index in [2.05, 4.69) is 38.3 Å². The number of urea groups is 1. The van der Waals surface area contributed by atoms with E-state index in [0.29, 0.717) is 11.8 Å². The summed E-state index contributed by atoms with van der Waals surface area (Å²) in [5, 5.41) is 5.94. The van der Waals surface area contributed by atoms with Gasteiger partial charge in [0.2, 0.25) is 0 Å². The molecule has 0 saturated heterocycles. The number of carbonyl (C=O) groups excluding carboxylic acids is 1. The van der Waals surface area contributed by atoms with Gasteiger partial charge in [0.25, 0.3) is 0 Å². The van der Waals surface area contributed by atoms with Crippen LogP contribution in [-0.4, -0.2) is 19.1 Å². The number of carbonyl (C=O) groups is 1. The Bertz CT molecular complexity index is 207. The van der Waals surface area contributed by atoms with Crippen LogP contribution >= 0.6 is 0 Å². The van der Waals surface area contributed by atoms with Crippen molar-refractivity contribution in [1.82, 2.24) is 10.6 Å². The third-order valence-electron chi connectivity index (χ3n) is 3.49. The quantitative estimate of drug-likeness (QED) is 0.611. The molecule has 18 heavy (non-hydrogen) atoms. The maximum atomic E-state index is 11.6. The van der Waals surface area contributed by atoms with E-state index in [4.69, 9.17) is 0 Å². The minimum atomic E-state index is -0.00657. The molecule has 2 atom stereocenters. The Hall–Kier alpha value is -0.730. The Morgan fingerprint density at radius 2 is 1.67 bits per heavy atom. The van der Waals surface area contributed by atoms with Crippen LogP contribution in [0.3, 0.4) is 0 Å². The smallest absolute Gasteiger partial charge is 0.314 e. The molecular formula is C15H32N2O. The molecule has 0 radical (unpaired) electrons. The molecule has 3 nitrogen and oxygen atoms in total. The Kier molecular flexibility index (Phi) is 10.9. The molecule has 0 saturated carbocycles. The first kappa shape index (κ1) is 17.3. The summed E-state index contributed by atoms with van der Waals surface area (Å²) in [5.74, 6) is 1.20. The Balaban J connectivity index is 3.67. The van der Waals surface area contributed by atoms with E-state index in [9.17, 15) is 4.79 Å². The van der Waals surface area contributed by atoms with Crippen LogP contribution in [0.4, 0.5) is 4.79 Å². The predicted molar refractivity (Wildman–Crippen MR) is 78.8 cm³/mol. The molecule has 0 aliphatic carbocycles. The van der Waals surface area contributed by atoms with Gasteiger partial charge in [-0.3, -0.25) is 0 Å². The number of amides is 2. The molecule has 2 amide bonds. The van der Waals surface area contributed by atoms with Crippen molar-refractivity contribution in [2.45, 2.75) is 66.2 Å². The van der Waals surface area contributed by atoms with Crippen LogP contribution in [-0.2, 0) is 0 Å². The van der Waals surface area contributed by atoms with E-state index in [1.165, 1.54) is 32.1 Å². The summed E-state index contributed by atoms with van der Waals surface area (Å²) < 4.78 is 0. The lowest BCUT2D eigenvalue weighted by molar-refractivity contribution is 0.236. The second-order valence-corrected chi connectivity index (χ2v) is 5.40. The summed E-state index contributed by atoms with van der Waals surface area (Å²) >= 11 is 0. The highest BCUT2D eigenvalue weighted by atomic mass is 16.2. The molecule has 0 aliphatic heterocycles. The maximum absolute atomic E-state index is 11.6. The van der Waals surface area contributed by atoms with E-state index in [1.807, 2.05) is 0 Å². The summed E-state index contributed by atoms with van der Waals surface area (Å²) in [6.45, 7) is 10.4. The molecule has 3 heteroatoms. The molecule has 0 aromatic rings. The van der Waals surface area contributed by atoms with E-state index >= 15 is 0 Å². The third-order valence-corrected chi connectivity index (χ3v) is 3.49. The van der Waals surface area contributed by atoms with Crippen LogP contribution in [0.15, 0.2) is 0 Å². The van der Waals surface area contributed by atoms with Crippen molar-refractivity contribution >= 4 is 6.03 Å². The Morgan fingerprint density at radius 3 is 2.22 bits per heavy atom. The molecule has 0 aliphatic rings. The van der Waals surface area contributed by atoms with Crippen molar-refractivity contribution < 1.29 is 4.79 Å². The van der Waals surface area contributed by atoms with Gasteiger partial charge in [-0.2, -0.15) is 0 Å². The molecule has 108 valence electrons. The van der Waals surface area contributed by atoms with Gasteiger partial charge in [0.15, 0.2) is 0 Å². The third kappa shape index (κ3) is 9.32. The number of hydrogen-bond donors (Lipinski definition) is 2. The monoisotopic (exact) mass is 256 g/mol. The molecule has 0 heterocycles. The van der Waals surface area contributed by atoms with Crippen molar-refractivity contribution in [2.24, 2.45) is 11.8 Å². The van der Waals surface area contributed by atoms with Gasteiger partial charge in [0.05, 0.1) is 0 Å². The highest BCUT2D eigenvalue weighted by Gasteiger charge is 2.08. The summed E-state index contributed by atoms with van der Waals surface area (Å²) in [4.78, 5) is 11.6. The van der Waals surface area contributed by atoms with E-state index in [0.717, 1.165) is 19.5 Å². The minimum Gasteiger partial charge on any atom is -0.338 e. The van der Waals surface area contributed by atoms with Gasteiger partial charge in [-0.05, 0) is 24.7 Å². The Morgan fingerprint density at radius 1 is 1.00 bits per heavy atom. The topological polar surface area (TPSA) is 41.1 Å². The molecule has 2 unspecified atom stereocenters. The van der Waals surface area contributed by atoms with Crippen molar-refractivity contribution in [2.75, 3.05) is 13.1 Å². The van der Waals surface area contributed by atoms with Crippen LogP contribution in [0.1, 0.15) is 66.2 Å². The first-order chi connectivity index (χ1) is 8.63. The van der Waals surface area contributed by atoms with Crippen LogP contribution < -0.4 is 10.6 Å². The maximum Gasteiger partial charge on any atom is 0.314 e. The number of rotatable bonds is 10. The summed E-state index contributed by atoms with van der Waals surface area (Å²) in [7, 11) is 0. The van der Waals surface area contributed by atoms with Crippen LogP contribution in [0.25, 0.3) is 0 Å². The van der Waals surface area contributed by atoms with Gasteiger partial charge in [0, 0.05) is 13.1 Å². The SMILES string of the molecule is CCCCC(CC)CNC(=O)NCC(C)CCC. The van der Waals surface area contributed by atoms with Crippen LogP contribution in [0.2, 0.25) is 0 Å². The van der Waals surface area contributed by atoms with E-state index in [-0.39, 0.29) is 6.03 Å². The van der Waals surface area contributed by atoms with Crippen molar-refractivity contribution in [1.29, 1.82) is 0 Å². The first-order valence-corrected chi connectivity index (χ1v) is 7.65. The lowest BCUT2D eigenvalue weighted by atomic mass is 9.99. The zero-order valence-corrected chi connectivity index (χ0v) is 12.7. The zero-order valence-electron chi connectivity index (χ0n) is 12.7. The second-order valence-electron chi connectivity index (χ2n) is 5.40. The largest absolute Gasteiger partial charge is 0.338 e. The fourth-order valence-electron chi connectivity index (χ4n) is 2.10. The van der Waals surface area contributed by atoms with Crippen LogP contribution in [0, 0.1) is 11.8 Å². The number of unbranched alkanes of at least 4 members (excludes halogenated alkanes) is 1.